The van der Waals surface area contributed by atoms with E-state index in [1.54, 1.807) is 28.4 Å². The van der Waals surface area contributed by atoms with Crippen LogP contribution in [-0.2, 0) is 147 Å². The molecule has 20 nitrogen and oxygen atoms in total. The zero-order valence-corrected chi connectivity index (χ0v) is 81.2. The molecular weight excluding hydrogens is 1670 g/mol. The fourth-order valence-corrected chi connectivity index (χ4v) is 21.9. The average molecular weight is 1820 g/mol. The van der Waals surface area contributed by atoms with Crippen LogP contribution in [0, 0.1) is 0 Å². The van der Waals surface area contributed by atoms with E-state index >= 15 is 0 Å². The number of thiophene rings is 6. The Kier molecular flexibility index (Phi) is 66.6. The van der Waals surface area contributed by atoms with Crippen LogP contribution in [0.1, 0.15) is 226 Å². The Morgan fingerprint density at radius 1 is 0.197 bits per heavy atom. The van der Waals surface area contributed by atoms with Crippen molar-refractivity contribution in [3.63, 3.8) is 0 Å². The Morgan fingerprint density at radius 3 is 0.623 bits per heavy atom. The molecule has 0 radical (unpaired) electrons. The van der Waals surface area contributed by atoms with Gasteiger partial charge in [0.15, 0.2) is 0 Å². The highest BCUT2D eigenvalue weighted by Crippen LogP contribution is 2.54. The molecule has 0 saturated carbocycles. The molecule has 6 aromatic rings. The topological polar surface area (TPSA) is 185 Å². The highest BCUT2D eigenvalue weighted by molar-refractivity contribution is 7.30. The van der Waals surface area contributed by atoms with Gasteiger partial charge in [-0.15, -0.1) is 68.0 Å². The predicted octanol–water partition coefficient (Wildman–Crippen LogP) is 22.9. The molecule has 6 rings (SSSR count). The SMILES string of the molecule is CCCCCCCCc1c(-c2sccc2COCCOCCOCCOCCOC)sc(-c2sc(-c3cc(COCCOCCOCCOCCOC)c(-c4sc(-c5sccc5COCCOCCOCCOCCOC)c(CCCCCCCC)c4CCCCCCCC)s3)cc2COCCOCCOCCOCCOC)c1CCCCCCCC. The van der Waals surface area contributed by atoms with Crippen LogP contribution >= 0.6 is 68.0 Å². The molecule has 122 heavy (non-hydrogen) atoms. The number of ether oxygens (including phenoxy) is 20. The van der Waals surface area contributed by atoms with E-state index in [1.165, 1.54) is 222 Å². The van der Waals surface area contributed by atoms with Gasteiger partial charge < -0.3 is 94.7 Å². The third kappa shape index (κ3) is 46.3. The molecule has 0 bridgehead atoms. The first kappa shape index (κ1) is 108. The Labute approximate surface area is 759 Å². The lowest BCUT2D eigenvalue weighted by molar-refractivity contribution is -0.00943. The van der Waals surface area contributed by atoms with Crippen molar-refractivity contribution in [3.05, 3.63) is 79.5 Å². The molecule has 0 spiro atoms. The smallest absolute Gasteiger partial charge is 0.0732 e. The van der Waals surface area contributed by atoms with Crippen LogP contribution in [0.2, 0.25) is 0 Å². The van der Waals surface area contributed by atoms with Gasteiger partial charge >= 0.3 is 0 Å². The quantitative estimate of drug-likeness (QED) is 0.0328. The van der Waals surface area contributed by atoms with Gasteiger partial charge in [0.2, 0.25) is 0 Å². The third-order valence-corrected chi connectivity index (χ3v) is 28.4. The fraction of sp³-hybridized carbons (Fsp3) is 0.750. The van der Waals surface area contributed by atoms with E-state index in [1.807, 2.05) is 68.0 Å². The number of methoxy groups -OCH3 is 4. The van der Waals surface area contributed by atoms with E-state index in [0.717, 1.165) is 51.4 Å². The molecule has 0 unspecified atom stereocenters. The van der Waals surface area contributed by atoms with Crippen LogP contribution in [0.25, 0.3) is 48.8 Å². The van der Waals surface area contributed by atoms with E-state index in [4.69, 9.17) is 94.7 Å². The van der Waals surface area contributed by atoms with Crippen LogP contribution < -0.4 is 0 Å². The van der Waals surface area contributed by atoms with E-state index in [0.29, 0.717) is 238 Å². The second-order valence-electron chi connectivity index (χ2n) is 30.5. The number of hydrogen-bond donors (Lipinski definition) is 0. The minimum absolute atomic E-state index is 0.442. The molecule has 0 N–H and O–H groups in total. The molecule has 6 heterocycles. The lowest BCUT2D eigenvalue weighted by Crippen LogP contribution is -2.12. The van der Waals surface area contributed by atoms with Gasteiger partial charge in [-0.3, -0.25) is 0 Å². The molecule has 0 fully saturated rings. The lowest BCUT2D eigenvalue weighted by atomic mass is 9.94. The van der Waals surface area contributed by atoms with Gasteiger partial charge in [0.05, 0.1) is 257 Å². The van der Waals surface area contributed by atoms with Gasteiger partial charge in [0.1, 0.15) is 0 Å². The maximum atomic E-state index is 6.85. The molecule has 0 aromatic carbocycles. The molecule has 698 valence electrons. The van der Waals surface area contributed by atoms with Gasteiger partial charge in [0, 0.05) is 57.7 Å². The van der Waals surface area contributed by atoms with Crippen molar-refractivity contribution >= 4 is 68.0 Å². The summed E-state index contributed by atoms with van der Waals surface area (Å²) in [5.41, 5.74) is 10.9. The van der Waals surface area contributed by atoms with Crippen molar-refractivity contribution in [1.82, 2.24) is 0 Å². The maximum Gasteiger partial charge on any atom is 0.0732 e. The maximum absolute atomic E-state index is 6.85. The Hall–Kier alpha value is -2.60. The van der Waals surface area contributed by atoms with Crippen molar-refractivity contribution in [1.29, 1.82) is 0 Å². The standard InChI is InChI=1S/C96H158O20S6/c1-9-13-17-21-25-29-33-83-85(35-31-27-23-19-15-11-3)95(121-93(83)89-79(37-71-117-89)75-113-67-63-109-59-55-105-51-47-101-43-39-97-5)91-81(77-115-69-65-111-61-57-107-53-49-103-45-41-99-7)73-87(119-91)88-74-82(78-116-70-66-112-62-58-108-54-50-104-46-42-100-8)92(120-88)96-86(36-32-28-24-20-16-12-4)84(34-30-26-22-18-14-10-2)94(122-96)90-80(38-72-118-90)76-114-68-64-110-60-56-106-52-48-102-44-40-98-6/h37-38,71-74H,9-36,39-70,75-78H2,1-8H3. The summed E-state index contributed by atoms with van der Waals surface area (Å²) in [6, 6.07) is 9.52. The summed E-state index contributed by atoms with van der Waals surface area (Å²) < 4.78 is 117. The van der Waals surface area contributed by atoms with Crippen LogP contribution in [0.5, 0.6) is 0 Å². The molecule has 0 aliphatic carbocycles. The minimum Gasteiger partial charge on any atom is -0.382 e. The van der Waals surface area contributed by atoms with E-state index in [2.05, 4.69) is 62.7 Å². The Morgan fingerprint density at radius 2 is 0.393 bits per heavy atom. The second-order valence-corrected chi connectivity index (χ2v) is 36.5. The predicted molar refractivity (Wildman–Crippen MR) is 505 cm³/mol. The van der Waals surface area contributed by atoms with Crippen LogP contribution in [0.3, 0.4) is 0 Å². The summed E-state index contributed by atoms with van der Waals surface area (Å²) in [5, 5.41) is 4.54. The van der Waals surface area contributed by atoms with Gasteiger partial charge in [-0.2, -0.15) is 0 Å². The minimum atomic E-state index is 0.442. The fourth-order valence-electron chi connectivity index (χ4n) is 14.1. The first-order valence-electron chi connectivity index (χ1n) is 46.3. The zero-order chi connectivity index (χ0) is 86.3. The Balaban J connectivity index is 1.47. The van der Waals surface area contributed by atoms with Crippen molar-refractivity contribution < 1.29 is 94.7 Å². The highest BCUT2D eigenvalue weighted by atomic mass is 32.1. The molecule has 0 saturated heterocycles. The van der Waals surface area contributed by atoms with Crippen molar-refractivity contribution in [2.45, 2.75) is 234 Å². The van der Waals surface area contributed by atoms with Gasteiger partial charge in [0.25, 0.3) is 0 Å². The summed E-state index contributed by atoms with van der Waals surface area (Å²) in [4.78, 5) is 13.3. The molecular formula is C96H158O20S6. The third-order valence-electron chi connectivity index (χ3n) is 20.8. The zero-order valence-electron chi connectivity index (χ0n) is 76.3. The van der Waals surface area contributed by atoms with Gasteiger partial charge in [-0.05, 0) is 131 Å². The first-order chi connectivity index (χ1) is 60.5. The van der Waals surface area contributed by atoms with Gasteiger partial charge in [-0.1, -0.05) is 156 Å². The Bertz CT molecular complexity index is 3160. The molecule has 0 aliphatic heterocycles. The highest BCUT2D eigenvalue weighted by Gasteiger charge is 2.30. The molecule has 26 heteroatoms. The van der Waals surface area contributed by atoms with Crippen LogP contribution in [-0.4, -0.2) is 240 Å². The van der Waals surface area contributed by atoms with Crippen molar-refractivity contribution in [3.8, 4) is 48.8 Å². The molecule has 0 amide bonds. The van der Waals surface area contributed by atoms with Crippen molar-refractivity contribution in [2.24, 2.45) is 0 Å². The number of unbranched alkanes of at least 4 members (excludes halogenated alkanes) is 20. The molecule has 6 aromatic heterocycles. The van der Waals surface area contributed by atoms with E-state index < -0.39 is 0 Å². The van der Waals surface area contributed by atoms with Crippen molar-refractivity contribution in [2.75, 3.05) is 240 Å². The van der Waals surface area contributed by atoms with Gasteiger partial charge in [-0.25, -0.2) is 0 Å². The van der Waals surface area contributed by atoms with E-state index in [-0.39, 0.29) is 0 Å². The average Bonchev–Trinajstić information content (AvgIpc) is 1.60. The summed E-state index contributed by atoms with van der Waals surface area (Å²) in [7, 11) is 6.72. The normalized spacial score (nSPS) is 11.9. The largest absolute Gasteiger partial charge is 0.382 e. The monoisotopic (exact) mass is 1820 g/mol. The van der Waals surface area contributed by atoms with Crippen LogP contribution in [0.4, 0.5) is 0 Å². The lowest BCUT2D eigenvalue weighted by Gasteiger charge is -2.12. The second kappa shape index (κ2) is 75.1. The van der Waals surface area contributed by atoms with Crippen LogP contribution in [0.15, 0.2) is 35.0 Å². The summed E-state index contributed by atoms with van der Waals surface area (Å²) >= 11 is 11.6. The summed E-state index contributed by atoms with van der Waals surface area (Å²) in [5.74, 6) is 0. The summed E-state index contributed by atoms with van der Waals surface area (Å²) in [6.07, 6.45) is 33.7. The molecule has 0 atom stereocenters. The first-order valence-corrected chi connectivity index (χ1v) is 51.4. The number of hydrogen-bond acceptors (Lipinski definition) is 26. The van der Waals surface area contributed by atoms with E-state index in [9.17, 15) is 0 Å². The summed E-state index contributed by atoms with van der Waals surface area (Å²) in [6.45, 7) is 27.5. The molecule has 0 aliphatic rings. The number of rotatable bonds is 89.